The normalized spacial score (nSPS) is 15.2. The van der Waals surface area contributed by atoms with Gasteiger partial charge in [-0.05, 0) is 18.9 Å². The molecule has 8 heteroatoms. The fourth-order valence-corrected chi connectivity index (χ4v) is 2.14. The van der Waals surface area contributed by atoms with Gasteiger partial charge in [0.05, 0.1) is 5.69 Å². The van der Waals surface area contributed by atoms with Gasteiger partial charge in [-0.2, -0.15) is 0 Å². The molecule has 0 saturated heterocycles. The maximum Gasteiger partial charge on any atom is 0.573 e. The van der Waals surface area contributed by atoms with Crippen LogP contribution < -0.4 is 10.5 Å². The highest BCUT2D eigenvalue weighted by Crippen LogP contribution is 2.40. The first-order valence-electron chi connectivity index (χ1n) is 6.38. The molecule has 0 atom stereocenters. The van der Waals surface area contributed by atoms with Crippen LogP contribution in [0.25, 0.3) is 11.3 Å². The zero-order valence-corrected chi connectivity index (χ0v) is 11.2. The van der Waals surface area contributed by atoms with E-state index in [-0.39, 0.29) is 5.82 Å². The number of aromatic nitrogens is 3. The van der Waals surface area contributed by atoms with E-state index < -0.39 is 12.1 Å². The molecule has 1 fully saturated rings. The van der Waals surface area contributed by atoms with E-state index in [2.05, 4.69) is 14.7 Å². The lowest BCUT2D eigenvalue weighted by Crippen LogP contribution is -2.18. The van der Waals surface area contributed by atoms with Crippen molar-refractivity contribution in [3.8, 4) is 17.0 Å². The Kier molecular flexibility index (Phi) is 3.03. The van der Waals surface area contributed by atoms with E-state index in [1.165, 1.54) is 12.3 Å². The Labute approximate surface area is 118 Å². The average Bonchev–Trinajstić information content (AvgIpc) is 3.14. The molecule has 1 saturated carbocycles. The Morgan fingerprint density at radius 2 is 2.10 bits per heavy atom. The molecule has 0 spiro atoms. The summed E-state index contributed by atoms with van der Waals surface area (Å²) in [5, 5.41) is 0. The molecule has 1 aliphatic rings. The second kappa shape index (κ2) is 4.64. The minimum atomic E-state index is -4.81. The van der Waals surface area contributed by atoms with Crippen LogP contribution >= 0.6 is 0 Å². The second-order valence-corrected chi connectivity index (χ2v) is 5.02. The van der Waals surface area contributed by atoms with Gasteiger partial charge in [0, 0.05) is 30.9 Å². The molecule has 112 valence electrons. The van der Waals surface area contributed by atoms with Crippen molar-refractivity contribution in [2.45, 2.75) is 25.1 Å². The van der Waals surface area contributed by atoms with Crippen molar-refractivity contribution in [3.05, 3.63) is 24.3 Å². The molecule has 0 amide bonds. The number of nitrogens with zero attached hydrogens (tertiary/aromatic N) is 3. The number of hydrogen-bond acceptors (Lipinski definition) is 4. The van der Waals surface area contributed by atoms with Crippen molar-refractivity contribution in [3.63, 3.8) is 0 Å². The summed E-state index contributed by atoms with van der Waals surface area (Å²) in [6.45, 7) is 0. The molecule has 3 rings (SSSR count). The van der Waals surface area contributed by atoms with Gasteiger partial charge in [0.1, 0.15) is 5.82 Å². The molecular weight excluding hydrogens is 285 g/mol. The smallest absolute Gasteiger partial charge is 0.402 e. The van der Waals surface area contributed by atoms with Crippen LogP contribution in [0.2, 0.25) is 0 Å². The third kappa shape index (κ3) is 2.93. The molecule has 21 heavy (non-hydrogen) atoms. The SMILES string of the molecule is Cn1cc(-c2cnc(N)c(OC(F)(F)F)c2)nc1C1CC1. The highest BCUT2D eigenvalue weighted by Gasteiger charge is 2.33. The summed E-state index contributed by atoms with van der Waals surface area (Å²) in [7, 11) is 1.86. The van der Waals surface area contributed by atoms with Crippen LogP contribution in [0, 0.1) is 0 Å². The third-order valence-corrected chi connectivity index (χ3v) is 3.26. The van der Waals surface area contributed by atoms with Crippen LogP contribution in [-0.2, 0) is 7.05 Å². The van der Waals surface area contributed by atoms with Crippen molar-refractivity contribution in [1.82, 2.24) is 14.5 Å². The van der Waals surface area contributed by atoms with Gasteiger partial charge in [0.2, 0.25) is 0 Å². The quantitative estimate of drug-likeness (QED) is 0.946. The predicted octanol–water partition coefficient (Wildman–Crippen LogP) is 2.84. The lowest BCUT2D eigenvalue weighted by atomic mass is 10.2. The summed E-state index contributed by atoms with van der Waals surface area (Å²) >= 11 is 0. The highest BCUT2D eigenvalue weighted by atomic mass is 19.4. The number of alkyl halides is 3. The highest BCUT2D eigenvalue weighted by molar-refractivity contribution is 5.63. The zero-order chi connectivity index (χ0) is 15.2. The van der Waals surface area contributed by atoms with Gasteiger partial charge in [0.25, 0.3) is 0 Å². The number of halogens is 3. The number of nitrogen functional groups attached to an aromatic ring is 1. The molecule has 0 bridgehead atoms. The number of imidazole rings is 1. The van der Waals surface area contributed by atoms with E-state index >= 15 is 0 Å². The molecule has 0 unspecified atom stereocenters. The molecule has 0 aliphatic heterocycles. The summed E-state index contributed by atoms with van der Waals surface area (Å²) in [6, 6.07) is 1.20. The summed E-state index contributed by atoms with van der Waals surface area (Å²) < 4.78 is 42.7. The number of aryl methyl sites for hydroxylation is 1. The monoisotopic (exact) mass is 298 g/mol. The van der Waals surface area contributed by atoms with E-state index in [9.17, 15) is 13.2 Å². The van der Waals surface area contributed by atoms with Gasteiger partial charge in [-0.1, -0.05) is 0 Å². The Balaban J connectivity index is 1.95. The number of rotatable bonds is 3. The predicted molar refractivity (Wildman–Crippen MR) is 69.5 cm³/mol. The van der Waals surface area contributed by atoms with Crippen LogP contribution in [0.1, 0.15) is 24.6 Å². The molecule has 2 aromatic heterocycles. The molecule has 1 aliphatic carbocycles. The Morgan fingerprint density at radius 3 is 2.71 bits per heavy atom. The van der Waals surface area contributed by atoms with Crippen molar-refractivity contribution in [1.29, 1.82) is 0 Å². The molecular formula is C13H13F3N4O. The second-order valence-electron chi connectivity index (χ2n) is 5.02. The number of hydrogen-bond donors (Lipinski definition) is 1. The largest absolute Gasteiger partial charge is 0.573 e. The number of pyridine rings is 1. The number of ether oxygens (including phenoxy) is 1. The summed E-state index contributed by atoms with van der Waals surface area (Å²) in [5.74, 6) is 0.546. The summed E-state index contributed by atoms with van der Waals surface area (Å²) in [4.78, 5) is 8.20. The van der Waals surface area contributed by atoms with Gasteiger partial charge in [-0.3, -0.25) is 0 Å². The lowest BCUT2D eigenvalue weighted by Gasteiger charge is -2.11. The molecule has 0 radical (unpaired) electrons. The minimum absolute atomic E-state index is 0.311. The van der Waals surface area contributed by atoms with Crippen LogP contribution in [0.4, 0.5) is 19.0 Å². The first kappa shape index (κ1) is 13.7. The maximum absolute atomic E-state index is 12.3. The molecule has 2 aromatic rings. The van der Waals surface area contributed by atoms with Crippen LogP contribution in [-0.4, -0.2) is 20.9 Å². The Morgan fingerprint density at radius 1 is 1.38 bits per heavy atom. The average molecular weight is 298 g/mol. The van der Waals surface area contributed by atoms with E-state index in [4.69, 9.17) is 5.73 Å². The van der Waals surface area contributed by atoms with E-state index in [0.717, 1.165) is 18.7 Å². The van der Waals surface area contributed by atoms with Crippen LogP contribution in [0.3, 0.4) is 0 Å². The van der Waals surface area contributed by atoms with Gasteiger partial charge in [-0.15, -0.1) is 13.2 Å². The fraction of sp³-hybridized carbons (Fsp3) is 0.385. The van der Waals surface area contributed by atoms with Gasteiger partial charge in [0.15, 0.2) is 11.6 Å². The van der Waals surface area contributed by atoms with E-state index in [1.54, 1.807) is 6.20 Å². The molecule has 2 heterocycles. The van der Waals surface area contributed by atoms with Gasteiger partial charge in [-0.25, -0.2) is 9.97 Å². The topological polar surface area (TPSA) is 66.0 Å². The summed E-state index contributed by atoms with van der Waals surface area (Å²) in [5.41, 5.74) is 6.40. The van der Waals surface area contributed by atoms with Crippen LogP contribution in [0.5, 0.6) is 5.75 Å². The summed E-state index contributed by atoms with van der Waals surface area (Å²) in [6.07, 6.45) is 0.521. The van der Waals surface area contributed by atoms with Gasteiger partial charge < -0.3 is 15.0 Å². The molecule has 5 nitrogen and oxygen atoms in total. The van der Waals surface area contributed by atoms with E-state index in [1.807, 2.05) is 11.6 Å². The number of anilines is 1. The van der Waals surface area contributed by atoms with Crippen molar-refractivity contribution in [2.24, 2.45) is 7.05 Å². The van der Waals surface area contributed by atoms with Crippen molar-refractivity contribution >= 4 is 5.82 Å². The Hall–Kier alpha value is -2.25. The van der Waals surface area contributed by atoms with Crippen molar-refractivity contribution in [2.75, 3.05) is 5.73 Å². The number of nitrogens with two attached hydrogens (primary N) is 1. The molecule has 2 N–H and O–H groups in total. The lowest BCUT2D eigenvalue weighted by molar-refractivity contribution is -0.274. The third-order valence-electron chi connectivity index (χ3n) is 3.26. The van der Waals surface area contributed by atoms with Gasteiger partial charge >= 0.3 is 6.36 Å². The van der Waals surface area contributed by atoms with Crippen LogP contribution in [0.15, 0.2) is 18.5 Å². The first-order valence-corrected chi connectivity index (χ1v) is 6.38. The minimum Gasteiger partial charge on any atom is -0.402 e. The fourth-order valence-electron chi connectivity index (χ4n) is 2.14. The maximum atomic E-state index is 12.3. The Bertz CT molecular complexity index is 677. The van der Waals surface area contributed by atoms with E-state index in [0.29, 0.717) is 17.2 Å². The van der Waals surface area contributed by atoms with Crippen molar-refractivity contribution < 1.29 is 17.9 Å². The standard InChI is InChI=1S/C13H13F3N4O/c1-20-6-9(19-12(20)7-2-3-7)8-4-10(11(17)18-5-8)21-13(14,15)16/h4-7H,2-3H2,1H3,(H2,17,18). The molecule has 0 aromatic carbocycles. The first-order chi connectivity index (χ1) is 9.83. The zero-order valence-electron chi connectivity index (χ0n) is 11.2.